The lowest BCUT2D eigenvalue weighted by Gasteiger charge is -2.15. The van der Waals surface area contributed by atoms with E-state index in [0.29, 0.717) is 24.0 Å². The minimum atomic E-state index is -0.665. The van der Waals surface area contributed by atoms with Gasteiger partial charge in [0.05, 0.1) is 0 Å². The highest BCUT2D eigenvalue weighted by atomic mass is 19.1. The van der Waals surface area contributed by atoms with E-state index in [1.54, 1.807) is 19.1 Å². The van der Waals surface area contributed by atoms with E-state index < -0.39 is 11.9 Å². The highest BCUT2D eigenvalue weighted by Crippen LogP contribution is 2.15. The maximum Gasteiger partial charge on any atom is 0.239 e. The van der Waals surface area contributed by atoms with Crippen molar-refractivity contribution in [1.82, 2.24) is 0 Å². The lowest BCUT2D eigenvalue weighted by Crippen LogP contribution is -2.35. The van der Waals surface area contributed by atoms with Crippen LogP contribution in [-0.2, 0) is 9.59 Å². The summed E-state index contributed by atoms with van der Waals surface area (Å²) in [6.45, 7) is 5.65. The van der Waals surface area contributed by atoms with Crippen LogP contribution in [0.25, 0.3) is 0 Å². The number of benzene rings is 1. The Bertz CT molecular complexity index is 431. The van der Waals surface area contributed by atoms with E-state index in [1.807, 2.05) is 13.8 Å². The highest BCUT2D eigenvalue weighted by Gasteiger charge is 2.14. The van der Waals surface area contributed by atoms with Gasteiger partial charge in [0.2, 0.25) is 5.91 Å². The Morgan fingerprint density at radius 3 is 2.63 bits per heavy atom. The zero-order chi connectivity index (χ0) is 14.8. The van der Waals surface area contributed by atoms with Crippen LogP contribution in [0.5, 0.6) is 0 Å². The molecule has 19 heavy (non-hydrogen) atoms. The quantitative estimate of drug-likeness (QED) is 0.782. The fourth-order valence-electron chi connectivity index (χ4n) is 1.40. The molecule has 0 bridgehead atoms. The minimum absolute atomic E-state index is 0. The average Bonchev–Trinajstić information content (AvgIpc) is 2.40. The van der Waals surface area contributed by atoms with Gasteiger partial charge in [0, 0.05) is 15.0 Å². The molecule has 0 heterocycles. The second-order valence-electron chi connectivity index (χ2n) is 3.81. The number of amides is 1. The number of anilines is 1. The summed E-state index contributed by atoms with van der Waals surface area (Å²) in [5.74, 6) is -0.915. The fourth-order valence-corrected chi connectivity index (χ4v) is 1.40. The molecule has 1 rings (SSSR count). The molecule has 0 spiro atoms. The molecule has 1 atom stereocenters. The van der Waals surface area contributed by atoms with Gasteiger partial charge in [-0.05, 0) is 31.0 Å². The molecule has 0 aliphatic carbocycles. The number of primary amides is 1. The Balaban J connectivity index is -0.000000774. The van der Waals surface area contributed by atoms with Gasteiger partial charge in [-0.3, -0.25) is 4.79 Å². The van der Waals surface area contributed by atoms with Crippen molar-refractivity contribution >= 4 is 17.9 Å². The lowest BCUT2D eigenvalue weighted by atomic mass is 10.1. The maximum atomic E-state index is 13.3. The van der Waals surface area contributed by atoms with E-state index in [2.05, 4.69) is 5.32 Å². The number of rotatable bonds is 6. The zero-order valence-corrected chi connectivity index (χ0v) is 11.6. The van der Waals surface area contributed by atoms with Gasteiger partial charge < -0.3 is 15.8 Å². The van der Waals surface area contributed by atoms with Gasteiger partial charge in [-0.15, -0.1) is 0 Å². The SMILES string of the molecule is CC.Cc1ccc(NC(CCC=O)C(N)=O)cc1F.[HH].[HH]. The van der Waals surface area contributed by atoms with Crippen LogP contribution in [0.3, 0.4) is 0 Å². The van der Waals surface area contributed by atoms with Gasteiger partial charge in [0.25, 0.3) is 0 Å². The standard InChI is InChI=1S/C12H15FN2O2.C2H6.2H2/c1-8-4-5-9(7-10(8)13)15-11(12(14)17)3-2-6-16;1-2;;/h4-7,11,15H,2-3H2,1H3,(H2,14,17);1-2H3;2*1H. The fraction of sp³-hybridized carbons (Fsp3) is 0.429. The summed E-state index contributed by atoms with van der Waals surface area (Å²) in [7, 11) is 0. The third kappa shape index (κ3) is 5.99. The second-order valence-corrected chi connectivity index (χ2v) is 3.81. The van der Waals surface area contributed by atoms with E-state index >= 15 is 0 Å². The van der Waals surface area contributed by atoms with Crippen molar-refractivity contribution in [2.75, 3.05) is 5.32 Å². The summed E-state index contributed by atoms with van der Waals surface area (Å²) < 4.78 is 13.3. The van der Waals surface area contributed by atoms with Crippen LogP contribution in [-0.4, -0.2) is 18.2 Å². The number of hydrogen-bond donors (Lipinski definition) is 2. The van der Waals surface area contributed by atoms with Gasteiger partial charge in [0.1, 0.15) is 18.1 Å². The number of carbonyl (C=O) groups is 2. The van der Waals surface area contributed by atoms with Crippen LogP contribution in [0, 0.1) is 12.7 Å². The van der Waals surface area contributed by atoms with Crippen LogP contribution in [0.1, 0.15) is 35.1 Å². The molecule has 0 saturated carbocycles. The van der Waals surface area contributed by atoms with E-state index in [0.717, 1.165) is 0 Å². The molecule has 0 saturated heterocycles. The van der Waals surface area contributed by atoms with Gasteiger partial charge >= 0.3 is 0 Å². The first kappa shape index (κ1) is 17.1. The molecule has 3 N–H and O–H groups in total. The Kier molecular flexibility index (Phi) is 8.17. The average molecular weight is 272 g/mol. The van der Waals surface area contributed by atoms with Gasteiger partial charge in [-0.2, -0.15) is 0 Å². The highest BCUT2D eigenvalue weighted by molar-refractivity contribution is 5.83. The topological polar surface area (TPSA) is 72.2 Å². The van der Waals surface area contributed by atoms with Crippen molar-refractivity contribution in [3.63, 3.8) is 0 Å². The third-order valence-corrected chi connectivity index (χ3v) is 2.43. The van der Waals surface area contributed by atoms with Gasteiger partial charge in [0.15, 0.2) is 0 Å². The monoisotopic (exact) mass is 272 g/mol. The predicted octanol–water partition coefficient (Wildman–Crippen LogP) is 2.90. The smallest absolute Gasteiger partial charge is 0.239 e. The van der Waals surface area contributed by atoms with Gasteiger partial charge in [-0.1, -0.05) is 19.9 Å². The first-order valence-corrected chi connectivity index (χ1v) is 6.30. The molecular weight excluding hydrogens is 247 g/mol. The molecule has 0 aliphatic heterocycles. The van der Waals surface area contributed by atoms with Crippen LogP contribution >= 0.6 is 0 Å². The van der Waals surface area contributed by atoms with Gasteiger partial charge in [-0.25, -0.2) is 4.39 Å². The van der Waals surface area contributed by atoms with Crippen molar-refractivity contribution in [3.8, 4) is 0 Å². The van der Waals surface area contributed by atoms with Crippen molar-refractivity contribution in [2.45, 2.75) is 39.7 Å². The molecule has 0 fully saturated rings. The van der Waals surface area contributed by atoms with Crippen molar-refractivity contribution in [1.29, 1.82) is 0 Å². The molecule has 110 valence electrons. The molecule has 1 amide bonds. The lowest BCUT2D eigenvalue weighted by molar-refractivity contribution is -0.118. The molecule has 0 radical (unpaired) electrons. The van der Waals surface area contributed by atoms with Crippen LogP contribution < -0.4 is 11.1 Å². The third-order valence-electron chi connectivity index (χ3n) is 2.43. The van der Waals surface area contributed by atoms with Crippen LogP contribution in [0.2, 0.25) is 0 Å². The molecular formula is C14H25FN2O2. The first-order chi connectivity index (χ1) is 9.04. The van der Waals surface area contributed by atoms with Crippen LogP contribution in [0.4, 0.5) is 10.1 Å². The molecule has 4 nitrogen and oxygen atoms in total. The number of nitrogens with two attached hydrogens (primary N) is 1. The number of carbonyl (C=O) groups excluding carboxylic acids is 2. The zero-order valence-electron chi connectivity index (χ0n) is 11.6. The molecule has 1 aromatic carbocycles. The normalized spacial score (nSPS) is 10.9. The number of aldehydes is 1. The molecule has 1 aromatic rings. The largest absolute Gasteiger partial charge is 0.374 e. The maximum absolute atomic E-state index is 13.3. The minimum Gasteiger partial charge on any atom is -0.374 e. The number of halogens is 1. The van der Waals surface area contributed by atoms with E-state index in [1.165, 1.54) is 6.07 Å². The Morgan fingerprint density at radius 2 is 2.16 bits per heavy atom. The predicted molar refractivity (Wildman–Crippen MR) is 78.6 cm³/mol. The first-order valence-electron chi connectivity index (χ1n) is 6.30. The summed E-state index contributed by atoms with van der Waals surface area (Å²) in [5.41, 5.74) is 6.18. The molecule has 0 aliphatic rings. The Hall–Kier alpha value is -1.91. The molecule has 1 unspecified atom stereocenters. The number of aryl methyl sites for hydroxylation is 1. The van der Waals surface area contributed by atoms with E-state index in [9.17, 15) is 14.0 Å². The van der Waals surface area contributed by atoms with Crippen molar-refractivity contribution in [3.05, 3.63) is 29.6 Å². The summed E-state index contributed by atoms with van der Waals surface area (Å²) in [4.78, 5) is 21.4. The molecule has 5 heteroatoms. The summed E-state index contributed by atoms with van der Waals surface area (Å²) in [6, 6.07) is 3.90. The second kappa shape index (κ2) is 9.08. The summed E-state index contributed by atoms with van der Waals surface area (Å²) in [6.07, 6.45) is 1.25. The van der Waals surface area contributed by atoms with Crippen molar-refractivity contribution < 1.29 is 16.8 Å². The summed E-state index contributed by atoms with van der Waals surface area (Å²) >= 11 is 0. The van der Waals surface area contributed by atoms with Crippen LogP contribution in [0.15, 0.2) is 18.2 Å². The Morgan fingerprint density at radius 1 is 1.53 bits per heavy atom. The number of hydrogen-bond acceptors (Lipinski definition) is 3. The summed E-state index contributed by atoms with van der Waals surface area (Å²) in [5, 5.41) is 2.81. The molecule has 0 aromatic heterocycles. The van der Waals surface area contributed by atoms with Crippen molar-refractivity contribution in [2.24, 2.45) is 5.73 Å². The number of nitrogens with one attached hydrogen (secondary N) is 1. The van der Waals surface area contributed by atoms with E-state index in [-0.39, 0.29) is 15.1 Å². The van der Waals surface area contributed by atoms with E-state index in [4.69, 9.17) is 5.73 Å². The Labute approximate surface area is 116 Å².